The third-order valence-electron chi connectivity index (χ3n) is 3.57. The highest BCUT2D eigenvalue weighted by Crippen LogP contribution is 2.28. The van der Waals surface area contributed by atoms with E-state index in [4.69, 9.17) is 4.98 Å². The van der Waals surface area contributed by atoms with Crippen molar-refractivity contribution in [1.29, 1.82) is 0 Å². The lowest BCUT2D eigenvalue weighted by Gasteiger charge is -2.08. The summed E-state index contributed by atoms with van der Waals surface area (Å²) in [5.74, 6) is 0. The molecule has 2 heterocycles. The van der Waals surface area contributed by atoms with Gasteiger partial charge in [0.1, 0.15) is 0 Å². The van der Waals surface area contributed by atoms with Gasteiger partial charge in [-0.2, -0.15) is 5.10 Å². The highest BCUT2D eigenvalue weighted by atomic mass is 79.9. The van der Waals surface area contributed by atoms with Crippen LogP contribution in [0.3, 0.4) is 0 Å². The SMILES string of the molecule is Brc1cnn2c(-c3ccccc3)cc(-c3ccccc3)nc12. The standard InChI is InChI=1S/C18H12BrN3/c19-15-12-20-22-17(14-9-5-2-6-10-14)11-16(21-18(15)22)13-7-3-1-4-8-13/h1-12H. The molecular weight excluding hydrogens is 338 g/mol. The molecule has 0 unspecified atom stereocenters. The first-order valence-corrected chi connectivity index (χ1v) is 7.77. The van der Waals surface area contributed by atoms with E-state index in [9.17, 15) is 0 Å². The Kier molecular flexibility index (Phi) is 3.24. The van der Waals surface area contributed by atoms with E-state index in [2.05, 4.69) is 51.4 Å². The number of rotatable bonds is 2. The molecule has 3 nitrogen and oxygen atoms in total. The average molecular weight is 350 g/mol. The first-order chi connectivity index (χ1) is 10.8. The van der Waals surface area contributed by atoms with Crippen molar-refractivity contribution in [1.82, 2.24) is 14.6 Å². The van der Waals surface area contributed by atoms with E-state index in [-0.39, 0.29) is 0 Å². The fraction of sp³-hybridized carbons (Fsp3) is 0. The van der Waals surface area contributed by atoms with Crippen molar-refractivity contribution in [3.05, 3.63) is 77.4 Å². The number of benzene rings is 2. The van der Waals surface area contributed by atoms with Crippen molar-refractivity contribution in [3.63, 3.8) is 0 Å². The van der Waals surface area contributed by atoms with Crippen LogP contribution in [0, 0.1) is 0 Å². The first kappa shape index (κ1) is 13.2. The minimum absolute atomic E-state index is 0.820. The molecule has 0 aliphatic rings. The monoisotopic (exact) mass is 349 g/mol. The van der Waals surface area contributed by atoms with E-state index in [1.807, 2.05) is 40.9 Å². The Hall–Kier alpha value is -2.46. The number of hydrogen-bond donors (Lipinski definition) is 0. The zero-order valence-corrected chi connectivity index (χ0v) is 13.2. The molecule has 0 atom stereocenters. The fourth-order valence-corrected chi connectivity index (χ4v) is 2.86. The Labute approximate surface area is 136 Å². The van der Waals surface area contributed by atoms with Crippen LogP contribution in [0.2, 0.25) is 0 Å². The Morgan fingerprint density at radius 3 is 2.14 bits per heavy atom. The maximum absolute atomic E-state index is 4.74. The normalized spacial score (nSPS) is 11.0. The van der Waals surface area contributed by atoms with Crippen LogP contribution in [0.1, 0.15) is 0 Å². The quantitative estimate of drug-likeness (QED) is 0.519. The molecule has 0 aliphatic carbocycles. The van der Waals surface area contributed by atoms with Crippen LogP contribution in [0.4, 0.5) is 0 Å². The molecule has 0 fully saturated rings. The number of aromatic nitrogens is 3. The minimum atomic E-state index is 0.820. The lowest BCUT2D eigenvalue weighted by molar-refractivity contribution is 0.949. The van der Waals surface area contributed by atoms with Gasteiger partial charge in [-0.1, -0.05) is 60.7 Å². The number of halogens is 1. The molecule has 0 spiro atoms. The second kappa shape index (κ2) is 5.39. The molecule has 2 aromatic heterocycles. The van der Waals surface area contributed by atoms with Gasteiger partial charge in [0.25, 0.3) is 0 Å². The van der Waals surface area contributed by atoms with Gasteiger partial charge in [0.05, 0.1) is 22.1 Å². The van der Waals surface area contributed by atoms with Crippen LogP contribution in [0.15, 0.2) is 77.4 Å². The second-order valence-electron chi connectivity index (χ2n) is 4.99. The topological polar surface area (TPSA) is 30.2 Å². The Bertz CT molecular complexity index is 931. The lowest BCUT2D eigenvalue weighted by atomic mass is 10.1. The molecule has 0 radical (unpaired) electrons. The van der Waals surface area contributed by atoms with Gasteiger partial charge < -0.3 is 0 Å². The van der Waals surface area contributed by atoms with Gasteiger partial charge in [-0.25, -0.2) is 9.50 Å². The number of nitrogens with zero attached hydrogens (tertiary/aromatic N) is 3. The van der Waals surface area contributed by atoms with Gasteiger partial charge in [-0.05, 0) is 22.0 Å². The molecule has 2 aromatic carbocycles. The molecule has 22 heavy (non-hydrogen) atoms. The first-order valence-electron chi connectivity index (χ1n) is 6.98. The highest BCUT2D eigenvalue weighted by Gasteiger charge is 2.12. The molecule has 0 saturated carbocycles. The summed E-state index contributed by atoms with van der Waals surface area (Å²) >= 11 is 3.53. The van der Waals surface area contributed by atoms with Crippen LogP contribution in [0.5, 0.6) is 0 Å². The summed E-state index contributed by atoms with van der Waals surface area (Å²) in [7, 11) is 0. The summed E-state index contributed by atoms with van der Waals surface area (Å²) in [5, 5.41) is 4.44. The van der Waals surface area contributed by atoms with E-state index >= 15 is 0 Å². The van der Waals surface area contributed by atoms with Crippen molar-refractivity contribution in [2.45, 2.75) is 0 Å². The maximum atomic E-state index is 4.74. The zero-order valence-electron chi connectivity index (χ0n) is 11.6. The molecule has 0 amide bonds. The third kappa shape index (κ3) is 2.22. The van der Waals surface area contributed by atoms with E-state index in [0.717, 1.165) is 32.6 Å². The van der Waals surface area contributed by atoms with Crippen molar-refractivity contribution >= 4 is 21.6 Å². The Balaban J connectivity index is 2.03. The summed E-state index contributed by atoms with van der Waals surface area (Å²) in [4.78, 5) is 4.74. The molecular formula is C18H12BrN3. The van der Waals surface area contributed by atoms with E-state index in [1.165, 1.54) is 0 Å². The predicted octanol–water partition coefficient (Wildman–Crippen LogP) is 4.83. The summed E-state index contributed by atoms with van der Waals surface area (Å²) < 4.78 is 2.76. The van der Waals surface area contributed by atoms with Crippen molar-refractivity contribution in [2.24, 2.45) is 0 Å². The molecule has 0 N–H and O–H groups in total. The molecule has 4 aromatic rings. The van der Waals surface area contributed by atoms with Gasteiger partial charge in [0, 0.05) is 11.1 Å². The Morgan fingerprint density at radius 2 is 1.45 bits per heavy atom. The van der Waals surface area contributed by atoms with Crippen LogP contribution < -0.4 is 0 Å². The average Bonchev–Trinajstić information content (AvgIpc) is 2.97. The van der Waals surface area contributed by atoms with Crippen LogP contribution in [-0.4, -0.2) is 14.6 Å². The zero-order chi connectivity index (χ0) is 14.9. The summed E-state index contributed by atoms with van der Waals surface area (Å²) in [6, 6.07) is 22.5. The molecule has 4 heteroatoms. The van der Waals surface area contributed by atoms with Gasteiger partial charge in [-0.3, -0.25) is 0 Å². The van der Waals surface area contributed by atoms with Crippen LogP contribution in [0.25, 0.3) is 28.2 Å². The van der Waals surface area contributed by atoms with Crippen molar-refractivity contribution < 1.29 is 0 Å². The van der Waals surface area contributed by atoms with Gasteiger partial charge >= 0.3 is 0 Å². The van der Waals surface area contributed by atoms with Crippen LogP contribution in [-0.2, 0) is 0 Å². The van der Waals surface area contributed by atoms with E-state index < -0.39 is 0 Å². The predicted molar refractivity (Wildman–Crippen MR) is 91.6 cm³/mol. The molecule has 0 aliphatic heterocycles. The van der Waals surface area contributed by atoms with E-state index in [0.29, 0.717) is 0 Å². The largest absolute Gasteiger partial charge is 0.227 e. The van der Waals surface area contributed by atoms with E-state index in [1.54, 1.807) is 6.20 Å². The van der Waals surface area contributed by atoms with Gasteiger partial charge in [-0.15, -0.1) is 0 Å². The van der Waals surface area contributed by atoms with Crippen molar-refractivity contribution in [2.75, 3.05) is 0 Å². The van der Waals surface area contributed by atoms with Crippen molar-refractivity contribution in [3.8, 4) is 22.5 Å². The van der Waals surface area contributed by atoms with Crippen LogP contribution >= 0.6 is 15.9 Å². The summed E-state index contributed by atoms with van der Waals surface area (Å²) in [6.45, 7) is 0. The number of hydrogen-bond acceptors (Lipinski definition) is 2. The summed E-state index contributed by atoms with van der Waals surface area (Å²) in [5.41, 5.74) is 4.99. The smallest absolute Gasteiger partial charge is 0.170 e. The fourth-order valence-electron chi connectivity index (χ4n) is 2.51. The molecule has 0 saturated heterocycles. The number of fused-ring (bicyclic) bond motifs is 1. The van der Waals surface area contributed by atoms with Gasteiger partial charge in [0.2, 0.25) is 0 Å². The molecule has 0 bridgehead atoms. The summed E-state index contributed by atoms with van der Waals surface area (Å²) in [6.07, 6.45) is 1.78. The minimum Gasteiger partial charge on any atom is -0.227 e. The lowest BCUT2D eigenvalue weighted by Crippen LogP contribution is -1.98. The third-order valence-corrected chi connectivity index (χ3v) is 4.13. The van der Waals surface area contributed by atoms with Gasteiger partial charge in [0.15, 0.2) is 5.65 Å². The molecule has 106 valence electrons. The maximum Gasteiger partial charge on any atom is 0.170 e. The Morgan fingerprint density at radius 1 is 0.818 bits per heavy atom. The second-order valence-corrected chi connectivity index (χ2v) is 5.84. The highest BCUT2D eigenvalue weighted by molar-refractivity contribution is 9.10. The molecule has 4 rings (SSSR count).